The molecule has 0 saturated carbocycles. The molecule has 1 aromatic carbocycles. The van der Waals surface area contributed by atoms with E-state index in [0.29, 0.717) is 0 Å². The van der Waals surface area contributed by atoms with Crippen LogP contribution < -0.4 is 5.32 Å². The number of aliphatic hydroxyl groups excluding tert-OH is 1. The highest BCUT2D eigenvalue weighted by atomic mass is 16.3. The highest BCUT2D eigenvalue weighted by Crippen LogP contribution is 2.19. The predicted molar refractivity (Wildman–Crippen MR) is 85.2 cm³/mol. The van der Waals surface area contributed by atoms with Crippen LogP contribution in [0.1, 0.15) is 43.7 Å². The lowest BCUT2D eigenvalue weighted by molar-refractivity contribution is -0.120. The average Bonchev–Trinajstić information content (AvgIpc) is 2.77. The molecule has 4 heteroatoms. The van der Waals surface area contributed by atoms with Crippen molar-refractivity contribution in [2.45, 2.75) is 52.2 Å². The first kappa shape index (κ1) is 16.0. The number of aliphatic hydroxyl groups is 1. The minimum Gasteiger partial charge on any atom is -0.392 e. The monoisotopic (exact) mass is 290 g/mol. The molecule has 1 aliphatic rings. The number of anilines is 1. The maximum Gasteiger partial charge on any atom is 0.241 e. The summed E-state index contributed by atoms with van der Waals surface area (Å²) in [6.07, 6.45) is 4.89. The number of benzene rings is 1. The van der Waals surface area contributed by atoms with Crippen molar-refractivity contribution in [3.05, 3.63) is 29.3 Å². The van der Waals surface area contributed by atoms with Gasteiger partial charge in [-0.15, -0.1) is 0 Å². The summed E-state index contributed by atoms with van der Waals surface area (Å²) in [5.41, 5.74) is 2.63. The number of likely N-dealkylation sites (tertiary alicyclic amines) is 1. The van der Waals surface area contributed by atoms with Gasteiger partial charge in [0.15, 0.2) is 0 Å². The zero-order valence-corrected chi connectivity index (χ0v) is 13.1. The Labute approximate surface area is 127 Å². The molecule has 1 fully saturated rings. The summed E-state index contributed by atoms with van der Waals surface area (Å²) in [5.74, 6) is 0.0371. The first-order chi connectivity index (χ1) is 10.1. The normalized spacial score (nSPS) is 18.0. The molecule has 1 saturated heterocycles. The lowest BCUT2D eigenvalue weighted by Crippen LogP contribution is -2.42. The Morgan fingerprint density at radius 1 is 1.29 bits per heavy atom. The van der Waals surface area contributed by atoms with Crippen molar-refractivity contribution in [1.29, 1.82) is 0 Å². The Morgan fingerprint density at radius 3 is 2.57 bits per heavy atom. The maximum atomic E-state index is 12.5. The fourth-order valence-electron chi connectivity index (χ4n) is 2.79. The molecular weight excluding hydrogens is 264 g/mol. The summed E-state index contributed by atoms with van der Waals surface area (Å²) in [5, 5.41) is 12.2. The van der Waals surface area contributed by atoms with Crippen LogP contribution in [0.15, 0.2) is 18.2 Å². The smallest absolute Gasteiger partial charge is 0.241 e. The van der Waals surface area contributed by atoms with Gasteiger partial charge in [0.05, 0.1) is 12.6 Å². The molecule has 116 valence electrons. The van der Waals surface area contributed by atoms with Gasteiger partial charge in [0, 0.05) is 5.69 Å². The fourth-order valence-corrected chi connectivity index (χ4v) is 2.79. The third kappa shape index (κ3) is 4.29. The lowest BCUT2D eigenvalue weighted by Gasteiger charge is -2.26. The summed E-state index contributed by atoms with van der Waals surface area (Å²) in [6, 6.07) is 5.55. The van der Waals surface area contributed by atoms with Crippen molar-refractivity contribution in [2.24, 2.45) is 0 Å². The molecule has 1 amide bonds. The number of aryl methyl sites for hydroxylation is 1. The van der Waals surface area contributed by atoms with Crippen LogP contribution in [0, 0.1) is 6.92 Å². The number of carbonyl (C=O) groups is 1. The molecule has 1 unspecified atom stereocenters. The molecule has 1 heterocycles. The first-order valence-corrected chi connectivity index (χ1v) is 7.87. The van der Waals surface area contributed by atoms with Gasteiger partial charge in [-0.05, 0) is 57.0 Å². The number of hydrogen-bond acceptors (Lipinski definition) is 3. The standard InChI is InChI=1S/C17H26N2O2/c1-13-7-8-15(12-20)11-16(13)18-17(21)14(2)19-9-5-3-4-6-10-19/h7-8,11,14,20H,3-6,9-10,12H2,1-2H3,(H,18,21). The highest BCUT2D eigenvalue weighted by Gasteiger charge is 2.22. The van der Waals surface area contributed by atoms with Crippen molar-refractivity contribution < 1.29 is 9.90 Å². The molecular formula is C17H26N2O2. The Kier molecular flexibility index (Phi) is 5.76. The Bertz CT molecular complexity index is 480. The molecule has 0 aromatic heterocycles. The summed E-state index contributed by atoms with van der Waals surface area (Å²) in [7, 11) is 0. The van der Waals surface area contributed by atoms with E-state index in [1.807, 2.05) is 32.0 Å². The van der Waals surface area contributed by atoms with Crippen LogP contribution in [0.3, 0.4) is 0 Å². The summed E-state index contributed by atoms with van der Waals surface area (Å²) in [6.45, 7) is 5.94. The van der Waals surface area contributed by atoms with Gasteiger partial charge in [-0.1, -0.05) is 25.0 Å². The third-order valence-corrected chi connectivity index (χ3v) is 4.31. The van der Waals surface area contributed by atoms with Crippen LogP contribution in [-0.4, -0.2) is 35.0 Å². The topological polar surface area (TPSA) is 52.6 Å². The molecule has 1 atom stereocenters. The molecule has 2 N–H and O–H groups in total. The molecule has 4 nitrogen and oxygen atoms in total. The van der Waals surface area contributed by atoms with E-state index in [9.17, 15) is 9.90 Å². The quantitative estimate of drug-likeness (QED) is 0.896. The van der Waals surface area contributed by atoms with E-state index >= 15 is 0 Å². The number of nitrogens with zero attached hydrogens (tertiary/aromatic N) is 1. The molecule has 0 radical (unpaired) electrons. The highest BCUT2D eigenvalue weighted by molar-refractivity contribution is 5.95. The fraction of sp³-hybridized carbons (Fsp3) is 0.588. The van der Waals surface area contributed by atoms with E-state index in [0.717, 1.165) is 29.9 Å². The average molecular weight is 290 g/mol. The lowest BCUT2D eigenvalue weighted by atomic mass is 10.1. The second kappa shape index (κ2) is 7.57. The van der Waals surface area contributed by atoms with Gasteiger partial charge in [0.1, 0.15) is 0 Å². The first-order valence-electron chi connectivity index (χ1n) is 7.87. The third-order valence-electron chi connectivity index (χ3n) is 4.31. The van der Waals surface area contributed by atoms with Gasteiger partial charge in [-0.25, -0.2) is 0 Å². The predicted octanol–water partition coefficient (Wildman–Crippen LogP) is 2.69. The Morgan fingerprint density at radius 2 is 1.95 bits per heavy atom. The molecule has 0 spiro atoms. The number of rotatable bonds is 4. The van der Waals surface area contributed by atoms with Crippen molar-refractivity contribution in [3.63, 3.8) is 0 Å². The van der Waals surface area contributed by atoms with Gasteiger partial charge >= 0.3 is 0 Å². The van der Waals surface area contributed by atoms with Crippen molar-refractivity contribution in [2.75, 3.05) is 18.4 Å². The molecule has 2 rings (SSSR count). The zero-order chi connectivity index (χ0) is 15.2. The van der Waals surface area contributed by atoms with Gasteiger partial charge < -0.3 is 10.4 Å². The minimum atomic E-state index is -0.111. The Hall–Kier alpha value is -1.39. The van der Waals surface area contributed by atoms with Gasteiger partial charge in [0.25, 0.3) is 0 Å². The maximum absolute atomic E-state index is 12.5. The second-order valence-electron chi connectivity index (χ2n) is 5.92. The van der Waals surface area contributed by atoms with Crippen LogP contribution in [0.5, 0.6) is 0 Å². The van der Waals surface area contributed by atoms with Crippen LogP contribution >= 0.6 is 0 Å². The van der Waals surface area contributed by atoms with Gasteiger partial charge in [-0.2, -0.15) is 0 Å². The van der Waals surface area contributed by atoms with E-state index in [4.69, 9.17) is 0 Å². The number of nitrogens with one attached hydrogen (secondary N) is 1. The van der Waals surface area contributed by atoms with Crippen molar-refractivity contribution in [1.82, 2.24) is 4.90 Å². The van der Waals surface area contributed by atoms with Crippen LogP contribution in [0.2, 0.25) is 0 Å². The number of carbonyl (C=O) groups excluding carboxylic acids is 1. The van der Waals surface area contributed by atoms with Crippen LogP contribution in [0.25, 0.3) is 0 Å². The summed E-state index contributed by atoms with van der Waals surface area (Å²) < 4.78 is 0. The van der Waals surface area contributed by atoms with Crippen LogP contribution in [-0.2, 0) is 11.4 Å². The van der Waals surface area contributed by atoms with E-state index in [2.05, 4.69) is 10.2 Å². The molecule has 1 aliphatic heterocycles. The van der Waals surface area contributed by atoms with Gasteiger partial charge in [-0.3, -0.25) is 9.69 Å². The molecule has 0 bridgehead atoms. The Balaban J connectivity index is 2.02. The second-order valence-corrected chi connectivity index (χ2v) is 5.92. The van der Waals surface area contributed by atoms with E-state index in [1.54, 1.807) is 0 Å². The SMILES string of the molecule is Cc1ccc(CO)cc1NC(=O)C(C)N1CCCCCC1. The largest absolute Gasteiger partial charge is 0.392 e. The molecule has 21 heavy (non-hydrogen) atoms. The van der Waals surface area contributed by atoms with E-state index in [-0.39, 0.29) is 18.6 Å². The van der Waals surface area contributed by atoms with Crippen molar-refractivity contribution >= 4 is 11.6 Å². The number of amides is 1. The molecule has 0 aliphatic carbocycles. The van der Waals surface area contributed by atoms with Crippen molar-refractivity contribution in [3.8, 4) is 0 Å². The van der Waals surface area contributed by atoms with E-state index < -0.39 is 0 Å². The van der Waals surface area contributed by atoms with E-state index in [1.165, 1.54) is 25.7 Å². The summed E-state index contributed by atoms with van der Waals surface area (Å²) in [4.78, 5) is 14.7. The number of hydrogen-bond donors (Lipinski definition) is 2. The zero-order valence-electron chi connectivity index (χ0n) is 13.1. The van der Waals surface area contributed by atoms with Crippen LogP contribution in [0.4, 0.5) is 5.69 Å². The van der Waals surface area contributed by atoms with Gasteiger partial charge in [0.2, 0.25) is 5.91 Å². The summed E-state index contributed by atoms with van der Waals surface area (Å²) >= 11 is 0. The minimum absolute atomic E-state index is 0.00910. The molecule has 1 aromatic rings.